The highest BCUT2D eigenvalue weighted by atomic mass is 79.9. The molecule has 4 heteroatoms. The van der Waals surface area contributed by atoms with Crippen molar-refractivity contribution in [3.05, 3.63) is 52.4 Å². The highest BCUT2D eigenvalue weighted by Gasteiger charge is 2.15. The van der Waals surface area contributed by atoms with E-state index in [9.17, 15) is 4.79 Å². The monoisotopic (exact) mass is 265 g/mol. The predicted molar refractivity (Wildman–Crippen MR) is 60.7 cm³/mol. The maximum Gasteiger partial charge on any atom is 0.230 e. The first-order valence-electron chi connectivity index (χ1n) is 4.32. The van der Waals surface area contributed by atoms with Gasteiger partial charge in [-0.2, -0.15) is 0 Å². The molecule has 0 radical (unpaired) electrons. The summed E-state index contributed by atoms with van der Waals surface area (Å²) < 4.78 is 5.73. The first-order valence-corrected chi connectivity index (χ1v) is 5.11. The second-order valence-corrected chi connectivity index (χ2v) is 3.86. The number of carbonyl (C=O) groups is 1. The summed E-state index contributed by atoms with van der Waals surface area (Å²) in [6, 6.07) is 8.50. The molecule has 0 aliphatic heterocycles. The van der Waals surface area contributed by atoms with Gasteiger partial charge in [-0.15, -0.1) is 0 Å². The molecule has 0 aliphatic rings. The Kier molecular flexibility index (Phi) is 2.60. The third-order valence-corrected chi connectivity index (χ3v) is 2.73. The number of hydrogen-bond acceptors (Lipinski definition) is 3. The fourth-order valence-corrected chi connectivity index (χ4v) is 1.64. The van der Waals surface area contributed by atoms with Gasteiger partial charge in [-0.25, -0.2) is 0 Å². The molecule has 2 N–H and O–H groups in total. The minimum absolute atomic E-state index is 0.209. The van der Waals surface area contributed by atoms with Gasteiger partial charge >= 0.3 is 0 Å². The summed E-state index contributed by atoms with van der Waals surface area (Å²) in [5.41, 5.74) is 6.65. The largest absolute Gasteiger partial charge is 0.461 e. The van der Waals surface area contributed by atoms with Crippen LogP contribution in [0.25, 0.3) is 0 Å². The molecule has 1 aromatic heterocycles. The summed E-state index contributed by atoms with van der Waals surface area (Å²) in [7, 11) is 0. The molecule has 0 unspecified atom stereocenters. The number of anilines is 1. The third kappa shape index (κ3) is 1.80. The summed E-state index contributed by atoms with van der Waals surface area (Å²) in [6.07, 6.45) is 1.46. The molecule has 3 nitrogen and oxygen atoms in total. The van der Waals surface area contributed by atoms with Gasteiger partial charge in [0.2, 0.25) is 5.78 Å². The highest BCUT2D eigenvalue weighted by Crippen LogP contribution is 2.25. The molecule has 0 saturated heterocycles. The molecule has 0 saturated carbocycles. The number of halogens is 1. The Balaban J connectivity index is 2.47. The smallest absolute Gasteiger partial charge is 0.230 e. The molecule has 0 fully saturated rings. The van der Waals surface area contributed by atoms with Gasteiger partial charge < -0.3 is 10.2 Å². The van der Waals surface area contributed by atoms with Crippen molar-refractivity contribution in [2.45, 2.75) is 0 Å². The van der Waals surface area contributed by atoms with Crippen molar-refractivity contribution in [3.8, 4) is 0 Å². The van der Waals surface area contributed by atoms with Crippen LogP contribution in [0.4, 0.5) is 5.69 Å². The van der Waals surface area contributed by atoms with Crippen molar-refractivity contribution in [1.82, 2.24) is 0 Å². The number of furan rings is 1. The van der Waals surface area contributed by atoms with Gasteiger partial charge in [0.25, 0.3) is 0 Å². The molecular formula is C11H8BrNO2. The molecule has 76 valence electrons. The molecule has 0 bridgehead atoms. The Morgan fingerprint density at radius 3 is 2.73 bits per heavy atom. The van der Waals surface area contributed by atoms with Gasteiger partial charge in [0.15, 0.2) is 5.76 Å². The van der Waals surface area contributed by atoms with Gasteiger partial charge in [0.1, 0.15) is 0 Å². The van der Waals surface area contributed by atoms with Crippen LogP contribution in [0.15, 0.2) is 45.5 Å². The van der Waals surface area contributed by atoms with Gasteiger partial charge in [-0.3, -0.25) is 4.79 Å². The topological polar surface area (TPSA) is 56.2 Å². The summed E-state index contributed by atoms with van der Waals surface area (Å²) >= 11 is 3.27. The molecule has 1 aromatic carbocycles. The Hall–Kier alpha value is -1.55. The van der Waals surface area contributed by atoms with E-state index in [1.807, 2.05) is 0 Å². The van der Waals surface area contributed by atoms with E-state index in [0.717, 1.165) is 0 Å². The number of para-hydroxylation sites is 1. The number of nitrogens with two attached hydrogens (primary N) is 1. The molecule has 0 amide bonds. The maximum absolute atomic E-state index is 11.9. The van der Waals surface area contributed by atoms with Crippen molar-refractivity contribution >= 4 is 27.4 Å². The normalized spacial score (nSPS) is 10.2. The minimum atomic E-state index is -0.209. The zero-order valence-corrected chi connectivity index (χ0v) is 9.32. The van der Waals surface area contributed by atoms with Crippen molar-refractivity contribution < 1.29 is 9.21 Å². The SMILES string of the molecule is Nc1c(Br)cccc1C(=O)c1ccco1. The summed E-state index contributed by atoms with van der Waals surface area (Å²) in [5.74, 6) is 0.0820. The van der Waals surface area contributed by atoms with Crippen molar-refractivity contribution in [3.63, 3.8) is 0 Å². The quantitative estimate of drug-likeness (QED) is 0.671. The molecular weight excluding hydrogens is 258 g/mol. The van der Waals surface area contributed by atoms with E-state index in [0.29, 0.717) is 21.5 Å². The van der Waals surface area contributed by atoms with E-state index in [-0.39, 0.29) is 5.78 Å². The lowest BCUT2D eigenvalue weighted by Gasteiger charge is -2.04. The van der Waals surface area contributed by atoms with Gasteiger partial charge in [0.05, 0.1) is 12.0 Å². The lowest BCUT2D eigenvalue weighted by atomic mass is 10.1. The summed E-state index contributed by atoms with van der Waals surface area (Å²) in [6.45, 7) is 0. The second kappa shape index (κ2) is 3.90. The van der Waals surface area contributed by atoms with E-state index in [1.54, 1.807) is 30.3 Å². The molecule has 15 heavy (non-hydrogen) atoms. The number of carbonyl (C=O) groups excluding carboxylic acids is 1. The zero-order valence-electron chi connectivity index (χ0n) is 7.74. The van der Waals surface area contributed by atoms with Crippen LogP contribution in [0.1, 0.15) is 16.1 Å². The number of ketones is 1. The standard InChI is InChI=1S/C11H8BrNO2/c12-8-4-1-3-7(10(8)13)11(14)9-5-2-6-15-9/h1-6H,13H2. The average molecular weight is 266 g/mol. The molecule has 1 heterocycles. The highest BCUT2D eigenvalue weighted by molar-refractivity contribution is 9.10. The molecule has 0 atom stereocenters. The fraction of sp³-hybridized carbons (Fsp3) is 0. The van der Waals surface area contributed by atoms with Crippen molar-refractivity contribution in [2.75, 3.05) is 5.73 Å². The van der Waals surface area contributed by atoms with Crippen LogP contribution in [0.5, 0.6) is 0 Å². The minimum Gasteiger partial charge on any atom is -0.461 e. The van der Waals surface area contributed by atoms with Gasteiger partial charge in [0, 0.05) is 10.0 Å². The lowest BCUT2D eigenvalue weighted by molar-refractivity contribution is 0.101. The van der Waals surface area contributed by atoms with E-state index in [2.05, 4.69) is 15.9 Å². The van der Waals surface area contributed by atoms with Crippen LogP contribution < -0.4 is 5.73 Å². The van der Waals surface area contributed by atoms with E-state index in [4.69, 9.17) is 10.2 Å². The number of hydrogen-bond donors (Lipinski definition) is 1. The van der Waals surface area contributed by atoms with Crippen molar-refractivity contribution in [2.24, 2.45) is 0 Å². The lowest BCUT2D eigenvalue weighted by Crippen LogP contribution is -2.04. The van der Waals surface area contributed by atoms with Crippen molar-refractivity contribution in [1.29, 1.82) is 0 Å². The predicted octanol–water partition coefficient (Wildman–Crippen LogP) is 2.86. The molecule has 0 spiro atoms. The fourth-order valence-electron chi connectivity index (χ4n) is 1.28. The molecule has 2 rings (SSSR count). The summed E-state index contributed by atoms with van der Waals surface area (Å²) in [5, 5.41) is 0. The number of rotatable bonds is 2. The van der Waals surface area contributed by atoms with E-state index in [1.165, 1.54) is 6.26 Å². The third-order valence-electron chi connectivity index (χ3n) is 2.04. The average Bonchev–Trinajstić information content (AvgIpc) is 2.74. The Bertz CT molecular complexity index is 491. The number of nitrogen functional groups attached to an aromatic ring is 1. The van der Waals surface area contributed by atoms with E-state index < -0.39 is 0 Å². The molecule has 2 aromatic rings. The van der Waals surface area contributed by atoms with E-state index >= 15 is 0 Å². The second-order valence-electron chi connectivity index (χ2n) is 3.01. The Morgan fingerprint density at radius 2 is 2.07 bits per heavy atom. The Morgan fingerprint density at radius 1 is 1.27 bits per heavy atom. The van der Waals surface area contributed by atoms with Crippen LogP contribution in [-0.2, 0) is 0 Å². The first-order chi connectivity index (χ1) is 7.20. The summed E-state index contributed by atoms with van der Waals surface area (Å²) in [4.78, 5) is 11.9. The van der Waals surface area contributed by atoms with Crippen LogP contribution in [0.3, 0.4) is 0 Å². The van der Waals surface area contributed by atoms with Gasteiger partial charge in [-0.1, -0.05) is 6.07 Å². The first kappa shape index (κ1) is 9.98. The Labute approximate surface area is 95.0 Å². The van der Waals surface area contributed by atoms with Crippen LogP contribution in [0.2, 0.25) is 0 Å². The zero-order chi connectivity index (χ0) is 10.8. The van der Waals surface area contributed by atoms with Gasteiger partial charge in [-0.05, 0) is 40.2 Å². The van der Waals surface area contributed by atoms with Crippen LogP contribution >= 0.6 is 15.9 Å². The van der Waals surface area contributed by atoms with Crippen LogP contribution in [0, 0.1) is 0 Å². The van der Waals surface area contributed by atoms with Crippen LogP contribution in [-0.4, -0.2) is 5.78 Å². The number of benzene rings is 1. The molecule has 0 aliphatic carbocycles. The maximum atomic E-state index is 11.9.